The van der Waals surface area contributed by atoms with Crippen LogP contribution in [0.4, 0.5) is 0 Å². The Kier molecular flexibility index (Phi) is 4.20. The van der Waals surface area contributed by atoms with E-state index in [0.717, 1.165) is 56.7 Å². The molecule has 3 heterocycles. The molecule has 2 saturated heterocycles. The molecular formula is C20H26N4O2. The minimum Gasteiger partial charge on any atom is -0.381 e. The first kappa shape index (κ1) is 16.3. The van der Waals surface area contributed by atoms with Crippen LogP contribution in [0, 0.1) is 29.6 Å². The molecule has 2 aliphatic carbocycles. The molecular weight excluding hydrogens is 328 g/mol. The van der Waals surface area contributed by atoms with Gasteiger partial charge in [0.15, 0.2) is 5.82 Å². The molecule has 6 nitrogen and oxygen atoms in total. The number of carbonyl (C=O) groups excluding carboxylic acids is 1. The number of amides is 1. The van der Waals surface area contributed by atoms with E-state index in [1.807, 2.05) is 4.90 Å². The lowest BCUT2D eigenvalue weighted by atomic mass is 9.91. The summed E-state index contributed by atoms with van der Waals surface area (Å²) in [6, 6.07) is 0. The first-order chi connectivity index (χ1) is 12.8. The van der Waals surface area contributed by atoms with E-state index in [-0.39, 0.29) is 11.8 Å². The zero-order chi connectivity index (χ0) is 17.5. The van der Waals surface area contributed by atoms with Gasteiger partial charge in [-0.3, -0.25) is 9.89 Å². The Bertz CT molecular complexity index is 734. The van der Waals surface area contributed by atoms with Gasteiger partial charge < -0.3 is 9.64 Å². The van der Waals surface area contributed by atoms with Gasteiger partial charge in [0.1, 0.15) is 5.82 Å². The Morgan fingerprint density at radius 3 is 2.65 bits per heavy atom. The van der Waals surface area contributed by atoms with Crippen LogP contribution < -0.4 is 0 Å². The molecule has 0 radical (unpaired) electrons. The maximum absolute atomic E-state index is 12.7. The van der Waals surface area contributed by atoms with E-state index in [1.165, 1.54) is 25.7 Å². The number of hydrogen-bond acceptors (Lipinski definition) is 4. The van der Waals surface area contributed by atoms with Gasteiger partial charge in [-0.25, -0.2) is 4.98 Å². The first-order valence-corrected chi connectivity index (χ1v) is 10.1. The molecule has 2 aliphatic heterocycles. The molecule has 4 fully saturated rings. The Morgan fingerprint density at radius 2 is 1.92 bits per heavy atom. The van der Waals surface area contributed by atoms with Crippen LogP contribution in [0.25, 0.3) is 0 Å². The topological polar surface area (TPSA) is 71.1 Å². The lowest BCUT2D eigenvalue weighted by Crippen LogP contribution is -2.28. The third kappa shape index (κ3) is 3.37. The van der Waals surface area contributed by atoms with E-state index in [4.69, 9.17) is 9.72 Å². The summed E-state index contributed by atoms with van der Waals surface area (Å²) in [5.41, 5.74) is 0. The molecule has 0 unspecified atom stereocenters. The smallest absolute Gasteiger partial charge is 0.298 e. The largest absolute Gasteiger partial charge is 0.381 e. The number of aromatic amines is 1. The third-order valence-corrected chi connectivity index (χ3v) is 6.30. The van der Waals surface area contributed by atoms with Gasteiger partial charge in [0.2, 0.25) is 0 Å². The number of nitrogens with one attached hydrogen (secondary N) is 1. The summed E-state index contributed by atoms with van der Waals surface area (Å²) in [5, 5.41) is 7.60. The Labute approximate surface area is 154 Å². The molecule has 0 spiro atoms. The lowest BCUT2D eigenvalue weighted by Gasteiger charge is -2.17. The maximum Gasteiger partial charge on any atom is 0.298 e. The quantitative estimate of drug-likeness (QED) is 0.844. The van der Waals surface area contributed by atoms with Crippen molar-refractivity contribution in [1.82, 2.24) is 20.1 Å². The van der Waals surface area contributed by atoms with Crippen LogP contribution in [0.3, 0.4) is 0 Å². The number of H-pyrrole nitrogens is 1. The molecule has 0 bridgehead atoms. The fourth-order valence-corrected chi connectivity index (χ4v) is 4.35. The molecule has 1 N–H and O–H groups in total. The average Bonchev–Trinajstić information content (AvgIpc) is 3.61. The van der Waals surface area contributed by atoms with Crippen LogP contribution in [0.1, 0.15) is 62.0 Å². The van der Waals surface area contributed by atoms with Crippen molar-refractivity contribution in [3.63, 3.8) is 0 Å². The molecule has 6 heteroatoms. The minimum atomic E-state index is -0.0217. The summed E-state index contributed by atoms with van der Waals surface area (Å²) in [4.78, 5) is 19.4. The number of aromatic nitrogens is 3. The van der Waals surface area contributed by atoms with Crippen LogP contribution in [-0.2, 0) is 9.53 Å². The Morgan fingerprint density at radius 1 is 1.12 bits per heavy atom. The average molecular weight is 354 g/mol. The molecule has 138 valence electrons. The van der Waals surface area contributed by atoms with Crippen molar-refractivity contribution in [1.29, 1.82) is 0 Å². The van der Waals surface area contributed by atoms with E-state index in [1.54, 1.807) is 0 Å². The maximum atomic E-state index is 12.7. The SMILES string of the molecule is O=C(C#CC1CCOCC1)N1C[C@H](c2nc(C3CC3)n[nH]2)[C@@H](C2CC2)C1. The number of ether oxygens (including phenoxy) is 1. The fraction of sp³-hybridized carbons (Fsp3) is 0.750. The zero-order valence-corrected chi connectivity index (χ0v) is 15.1. The third-order valence-electron chi connectivity index (χ3n) is 6.30. The predicted octanol–water partition coefficient (Wildman–Crippen LogP) is 2.06. The van der Waals surface area contributed by atoms with E-state index >= 15 is 0 Å². The summed E-state index contributed by atoms with van der Waals surface area (Å²) >= 11 is 0. The fourth-order valence-electron chi connectivity index (χ4n) is 4.35. The van der Waals surface area contributed by atoms with Crippen LogP contribution in [-0.4, -0.2) is 52.3 Å². The molecule has 4 aliphatic rings. The molecule has 1 aromatic rings. The Hall–Kier alpha value is -1.87. The standard InChI is InChI=1S/C20H26N4O2/c25-18(6-1-13-7-9-26-10-8-13)24-11-16(14-2-3-14)17(12-24)20-21-19(22-23-20)15-4-5-15/h13-17H,2-5,7-12H2,(H,21,22,23)/t16-,17+/m1/s1. The second kappa shape index (κ2) is 6.70. The van der Waals surface area contributed by atoms with Gasteiger partial charge in [-0.1, -0.05) is 5.92 Å². The van der Waals surface area contributed by atoms with Crippen LogP contribution in [0.2, 0.25) is 0 Å². The highest BCUT2D eigenvalue weighted by Crippen LogP contribution is 2.47. The van der Waals surface area contributed by atoms with Gasteiger partial charge >= 0.3 is 0 Å². The van der Waals surface area contributed by atoms with Gasteiger partial charge in [-0.2, -0.15) is 5.10 Å². The van der Waals surface area contributed by atoms with E-state index in [0.29, 0.717) is 17.8 Å². The number of likely N-dealkylation sites (tertiary alicyclic amines) is 1. The lowest BCUT2D eigenvalue weighted by molar-refractivity contribution is -0.124. The van der Waals surface area contributed by atoms with Crippen molar-refractivity contribution in [2.24, 2.45) is 17.8 Å². The highest BCUT2D eigenvalue weighted by atomic mass is 16.5. The van der Waals surface area contributed by atoms with Crippen molar-refractivity contribution in [2.75, 3.05) is 26.3 Å². The molecule has 26 heavy (non-hydrogen) atoms. The summed E-state index contributed by atoms with van der Waals surface area (Å²) in [6.45, 7) is 3.06. The van der Waals surface area contributed by atoms with Crippen LogP contribution in [0.15, 0.2) is 0 Å². The summed E-state index contributed by atoms with van der Waals surface area (Å²) in [5.74, 6) is 10.4. The minimum absolute atomic E-state index is 0.0217. The number of hydrogen-bond donors (Lipinski definition) is 1. The Balaban J connectivity index is 1.28. The first-order valence-electron chi connectivity index (χ1n) is 10.1. The molecule has 0 aromatic carbocycles. The number of carbonyl (C=O) groups is 1. The van der Waals surface area contributed by atoms with Gasteiger partial charge in [0.25, 0.3) is 5.91 Å². The van der Waals surface area contributed by atoms with E-state index < -0.39 is 0 Å². The number of rotatable bonds is 3. The van der Waals surface area contributed by atoms with Gasteiger partial charge in [0.05, 0.1) is 0 Å². The van der Waals surface area contributed by atoms with E-state index in [2.05, 4.69) is 22.0 Å². The molecule has 2 atom stereocenters. The molecule has 1 aromatic heterocycles. The number of nitrogens with zero attached hydrogens (tertiary/aromatic N) is 3. The van der Waals surface area contributed by atoms with Crippen molar-refractivity contribution in [2.45, 2.75) is 50.4 Å². The zero-order valence-electron chi connectivity index (χ0n) is 15.1. The van der Waals surface area contributed by atoms with Crippen molar-refractivity contribution in [3.05, 3.63) is 11.6 Å². The van der Waals surface area contributed by atoms with Gasteiger partial charge in [-0.05, 0) is 56.3 Å². The summed E-state index contributed by atoms with van der Waals surface area (Å²) in [6.07, 6.45) is 6.85. The van der Waals surface area contributed by atoms with Crippen LogP contribution >= 0.6 is 0 Å². The molecule has 1 amide bonds. The summed E-state index contributed by atoms with van der Waals surface area (Å²) in [7, 11) is 0. The van der Waals surface area contributed by atoms with E-state index in [9.17, 15) is 4.79 Å². The molecule has 5 rings (SSSR count). The van der Waals surface area contributed by atoms with Gasteiger partial charge in [0, 0.05) is 44.1 Å². The van der Waals surface area contributed by atoms with Crippen molar-refractivity contribution in [3.8, 4) is 11.8 Å². The second-order valence-corrected chi connectivity index (χ2v) is 8.33. The normalized spacial score (nSPS) is 29.5. The van der Waals surface area contributed by atoms with Crippen molar-refractivity contribution >= 4 is 5.91 Å². The second-order valence-electron chi connectivity index (χ2n) is 8.33. The predicted molar refractivity (Wildman–Crippen MR) is 95.2 cm³/mol. The monoisotopic (exact) mass is 354 g/mol. The van der Waals surface area contributed by atoms with Crippen molar-refractivity contribution < 1.29 is 9.53 Å². The highest BCUT2D eigenvalue weighted by molar-refractivity contribution is 5.93. The van der Waals surface area contributed by atoms with Gasteiger partial charge in [-0.15, -0.1) is 0 Å². The summed E-state index contributed by atoms with van der Waals surface area (Å²) < 4.78 is 5.36. The molecule has 2 saturated carbocycles. The van der Waals surface area contributed by atoms with Crippen LogP contribution in [0.5, 0.6) is 0 Å². The highest BCUT2D eigenvalue weighted by Gasteiger charge is 2.45.